The molecule has 0 saturated carbocycles. The fraction of sp³-hybridized carbons (Fsp3) is 0.263. The Kier molecular flexibility index (Phi) is 4.09. The number of halogens is 1. The Bertz CT molecular complexity index is 823. The largest absolute Gasteiger partial charge is 0.376 e. The second-order valence-corrected chi connectivity index (χ2v) is 6.00. The van der Waals surface area contributed by atoms with Crippen LogP contribution in [0.4, 0.5) is 4.39 Å². The van der Waals surface area contributed by atoms with Gasteiger partial charge in [0.25, 0.3) is 0 Å². The van der Waals surface area contributed by atoms with E-state index in [4.69, 9.17) is 4.74 Å². The molecule has 0 amide bonds. The van der Waals surface area contributed by atoms with Crippen molar-refractivity contribution >= 4 is 0 Å². The van der Waals surface area contributed by atoms with Gasteiger partial charge in [-0.25, -0.2) is 4.39 Å². The van der Waals surface area contributed by atoms with Crippen molar-refractivity contribution in [3.05, 3.63) is 60.7 Å². The molecule has 1 aliphatic heterocycles. The number of aromatic nitrogens is 3. The lowest BCUT2D eigenvalue weighted by Gasteiger charge is -2.08. The first-order chi connectivity index (χ1) is 11.8. The number of benzene rings is 1. The first-order valence-corrected chi connectivity index (χ1v) is 8.15. The Balaban J connectivity index is 1.57. The first-order valence-electron chi connectivity index (χ1n) is 8.15. The van der Waals surface area contributed by atoms with Gasteiger partial charge in [-0.1, -0.05) is 18.2 Å². The highest BCUT2D eigenvalue weighted by molar-refractivity contribution is 5.69. The molecular weight excluding hydrogens is 305 g/mol. The molecule has 0 bridgehead atoms. The summed E-state index contributed by atoms with van der Waals surface area (Å²) in [6.45, 7) is 1.64. The molecule has 3 aromatic rings. The molecule has 2 aromatic heterocycles. The van der Waals surface area contributed by atoms with Crippen LogP contribution in [-0.4, -0.2) is 27.5 Å². The van der Waals surface area contributed by atoms with Crippen molar-refractivity contribution < 1.29 is 9.13 Å². The van der Waals surface area contributed by atoms with Crippen LogP contribution in [0.1, 0.15) is 12.8 Å². The van der Waals surface area contributed by atoms with Crippen LogP contribution in [0.5, 0.6) is 0 Å². The third-order valence-corrected chi connectivity index (χ3v) is 4.24. The van der Waals surface area contributed by atoms with E-state index in [1.807, 2.05) is 41.2 Å². The molecule has 0 spiro atoms. The van der Waals surface area contributed by atoms with Crippen molar-refractivity contribution in [1.29, 1.82) is 0 Å². The zero-order valence-corrected chi connectivity index (χ0v) is 13.2. The number of hydrogen-bond acceptors (Lipinski definition) is 3. The molecule has 0 N–H and O–H groups in total. The molecule has 1 aliphatic rings. The van der Waals surface area contributed by atoms with Gasteiger partial charge >= 0.3 is 0 Å². The average molecular weight is 323 g/mol. The maximum atomic E-state index is 13.0. The lowest BCUT2D eigenvalue weighted by Crippen LogP contribution is -2.15. The number of hydrogen-bond donors (Lipinski definition) is 0. The minimum Gasteiger partial charge on any atom is -0.376 e. The lowest BCUT2D eigenvalue weighted by molar-refractivity contribution is 0.0940. The maximum absolute atomic E-state index is 13.0. The molecule has 122 valence electrons. The van der Waals surface area contributed by atoms with Crippen LogP contribution in [0.15, 0.2) is 54.9 Å². The van der Waals surface area contributed by atoms with E-state index in [1.165, 1.54) is 12.3 Å². The maximum Gasteiger partial charge on any atom is 0.141 e. The minimum atomic E-state index is -0.331. The summed E-state index contributed by atoms with van der Waals surface area (Å²) < 4.78 is 20.6. The Morgan fingerprint density at radius 1 is 1.12 bits per heavy atom. The van der Waals surface area contributed by atoms with Crippen molar-refractivity contribution in [1.82, 2.24) is 14.8 Å². The summed E-state index contributed by atoms with van der Waals surface area (Å²) in [5.41, 5.74) is 3.62. The van der Waals surface area contributed by atoms with Crippen molar-refractivity contribution in [2.75, 3.05) is 6.61 Å². The van der Waals surface area contributed by atoms with E-state index in [0.717, 1.165) is 48.5 Å². The monoisotopic (exact) mass is 323 g/mol. The van der Waals surface area contributed by atoms with E-state index in [-0.39, 0.29) is 11.9 Å². The van der Waals surface area contributed by atoms with Crippen LogP contribution in [0, 0.1) is 5.82 Å². The highest BCUT2D eigenvalue weighted by Gasteiger charge is 2.16. The smallest absolute Gasteiger partial charge is 0.141 e. The van der Waals surface area contributed by atoms with Gasteiger partial charge in [-0.2, -0.15) is 5.10 Å². The van der Waals surface area contributed by atoms with E-state index in [0.29, 0.717) is 0 Å². The summed E-state index contributed by atoms with van der Waals surface area (Å²) in [7, 11) is 0. The zero-order chi connectivity index (χ0) is 16.4. The molecule has 24 heavy (non-hydrogen) atoms. The summed E-state index contributed by atoms with van der Waals surface area (Å²) in [6.07, 6.45) is 5.72. The van der Waals surface area contributed by atoms with Gasteiger partial charge in [0.05, 0.1) is 30.2 Å². The van der Waals surface area contributed by atoms with Crippen molar-refractivity contribution in [2.45, 2.75) is 25.5 Å². The minimum absolute atomic E-state index is 0.271. The van der Waals surface area contributed by atoms with Gasteiger partial charge in [0.1, 0.15) is 5.82 Å². The fourth-order valence-electron chi connectivity index (χ4n) is 3.00. The molecule has 1 fully saturated rings. The first kappa shape index (κ1) is 15.0. The SMILES string of the molecule is Fc1ccc(-c2cccc(-c3ccn(CC4CCCO4)n3)c2)nc1. The number of ether oxygens (including phenoxy) is 1. The molecule has 4 nitrogen and oxygen atoms in total. The van der Waals surface area contributed by atoms with Crippen molar-refractivity contribution in [2.24, 2.45) is 0 Å². The summed E-state index contributed by atoms with van der Waals surface area (Å²) >= 11 is 0. The summed E-state index contributed by atoms with van der Waals surface area (Å²) in [5, 5.41) is 4.65. The lowest BCUT2D eigenvalue weighted by atomic mass is 10.1. The molecule has 5 heteroatoms. The van der Waals surface area contributed by atoms with Gasteiger partial charge in [-0.05, 0) is 37.1 Å². The van der Waals surface area contributed by atoms with E-state index >= 15 is 0 Å². The number of nitrogens with zero attached hydrogens (tertiary/aromatic N) is 3. The van der Waals surface area contributed by atoms with E-state index in [2.05, 4.69) is 10.1 Å². The Morgan fingerprint density at radius 3 is 2.75 bits per heavy atom. The second-order valence-electron chi connectivity index (χ2n) is 6.00. The van der Waals surface area contributed by atoms with Crippen LogP contribution in [0.25, 0.3) is 22.5 Å². The molecule has 0 radical (unpaired) electrons. The quantitative estimate of drug-likeness (QED) is 0.730. The molecule has 0 aliphatic carbocycles. The molecular formula is C19H18FN3O. The van der Waals surface area contributed by atoms with Crippen molar-refractivity contribution in [3.63, 3.8) is 0 Å². The summed E-state index contributed by atoms with van der Waals surface area (Å²) in [6, 6.07) is 13.1. The fourth-order valence-corrected chi connectivity index (χ4v) is 3.00. The van der Waals surface area contributed by atoms with E-state index < -0.39 is 0 Å². The summed E-state index contributed by atoms with van der Waals surface area (Å²) in [4.78, 5) is 4.14. The zero-order valence-electron chi connectivity index (χ0n) is 13.2. The van der Waals surface area contributed by atoms with Gasteiger partial charge in [-0.15, -0.1) is 0 Å². The standard InChI is InChI=1S/C19H18FN3O/c20-16-6-7-18(21-12-16)14-3-1-4-15(11-14)19-8-9-23(22-19)13-17-5-2-10-24-17/h1,3-4,6-9,11-12,17H,2,5,10,13H2. The van der Waals surface area contributed by atoms with Crippen LogP contribution < -0.4 is 0 Å². The van der Waals surface area contributed by atoms with Gasteiger partial charge in [0.15, 0.2) is 0 Å². The molecule has 4 rings (SSSR count). The molecule has 1 saturated heterocycles. The van der Waals surface area contributed by atoms with Gasteiger partial charge in [-0.3, -0.25) is 9.67 Å². The van der Waals surface area contributed by atoms with E-state index in [1.54, 1.807) is 6.07 Å². The Labute approximate surface area is 139 Å². The van der Waals surface area contributed by atoms with Crippen LogP contribution in [0.3, 0.4) is 0 Å². The van der Waals surface area contributed by atoms with Crippen LogP contribution >= 0.6 is 0 Å². The molecule has 1 aromatic carbocycles. The third-order valence-electron chi connectivity index (χ3n) is 4.24. The third kappa shape index (κ3) is 3.21. The van der Waals surface area contributed by atoms with Gasteiger partial charge in [0.2, 0.25) is 0 Å². The van der Waals surface area contributed by atoms with Crippen LogP contribution in [-0.2, 0) is 11.3 Å². The molecule has 1 atom stereocenters. The van der Waals surface area contributed by atoms with Gasteiger partial charge < -0.3 is 4.74 Å². The highest BCUT2D eigenvalue weighted by atomic mass is 19.1. The Hall–Kier alpha value is -2.53. The Morgan fingerprint density at radius 2 is 2.00 bits per heavy atom. The molecule has 3 heterocycles. The van der Waals surface area contributed by atoms with Crippen LogP contribution in [0.2, 0.25) is 0 Å². The number of pyridine rings is 1. The average Bonchev–Trinajstić information content (AvgIpc) is 3.28. The predicted molar refractivity (Wildman–Crippen MR) is 89.8 cm³/mol. The molecule has 1 unspecified atom stereocenters. The summed E-state index contributed by atoms with van der Waals surface area (Å²) in [5.74, 6) is -0.331. The second kappa shape index (κ2) is 6.53. The van der Waals surface area contributed by atoms with Crippen molar-refractivity contribution in [3.8, 4) is 22.5 Å². The van der Waals surface area contributed by atoms with E-state index in [9.17, 15) is 4.39 Å². The normalized spacial score (nSPS) is 17.3. The predicted octanol–water partition coefficient (Wildman–Crippen LogP) is 3.93. The number of rotatable bonds is 4. The van der Waals surface area contributed by atoms with Gasteiger partial charge in [0, 0.05) is 23.9 Å². The topological polar surface area (TPSA) is 39.9 Å². The highest BCUT2D eigenvalue weighted by Crippen LogP contribution is 2.24.